The average Bonchev–Trinajstić information content (AvgIpc) is 3.01. The molecule has 4 amide bonds. The fourth-order valence-corrected chi connectivity index (χ4v) is 0.617. The predicted molar refractivity (Wildman–Crippen MR) is 172 cm³/mol. The van der Waals surface area contributed by atoms with E-state index in [-0.39, 0.29) is 25.3 Å². The molecular formula is C22H59N7O14S2. The first-order valence-electron chi connectivity index (χ1n) is 11.5. The molecule has 0 rings (SSSR count). The van der Waals surface area contributed by atoms with E-state index in [0.717, 1.165) is 6.26 Å². The summed E-state index contributed by atoms with van der Waals surface area (Å²) in [5, 5.41) is 9.37. The van der Waals surface area contributed by atoms with Crippen LogP contribution >= 0.6 is 0 Å². The van der Waals surface area contributed by atoms with Gasteiger partial charge >= 0.3 is 24.2 Å². The van der Waals surface area contributed by atoms with Gasteiger partial charge in [-0.2, -0.15) is 8.42 Å². The van der Waals surface area contributed by atoms with Crippen LogP contribution in [0.5, 0.6) is 0 Å². The molecule has 0 spiro atoms. The summed E-state index contributed by atoms with van der Waals surface area (Å²) in [5.74, 6) is -0.241. The van der Waals surface area contributed by atoms with Crippen molar-refractivity contribution in [2.24, 2.45) is 0 Å². The Morgan fingerprint density at radius 1 is 0.533 bits per heavy atom. The molecule has 0 saturated carbocycles. The Morgan fingerprint density at radius 3 is 0.800 bits per heavy atom. The largest absolute Gasteiger partial charge is 0.507 e. The normalized spacial score (nSPS) is 8.09. The minimum atomic E-state index is -3.16. The molecule has 0 atom stereocenters. The lowest BCUT2D eigenvalue weighted by atomic mass is 10.7. The minimum absolute atomic E-state index is 0. The second-order valence-electron chi connectivity index (χ2n) is 6.03. The van der Waals surface area contributed by atoms with Crippen LogP contribution in [0.25, 0.3) is 0 Å². The van der Waals surface area contributed by atoms with Gasteiger partial charge in [-0.1, -0.05) is 7.43 Å². The number of ether oxygens (including phenoxy) is 5. The van der Waals surface area contributed by atoms with Gasteiger partial charge < -0.3 is 45.0 Å². The molecule has 0 aromatic carbocycles. The van der Waals surface area contributed by atoms with Crippen molar-refractivity contribution in [3.8, 4) is 0 Å². The molecular weight excluding hydrogens is 650 g/mol. The number of rotatable bonds is 3. The Kier molecular flexibility index (Phi) is 71.8. The first-order chi connectivity index (χ1) is 20.1. The predicted octanol–water partition coefficient (Wildman–Crippen LogP) is -1.42. The number of sulfonamides is 1. The highest BCUT2D eigenvalue weighted by Crippen LogP contribution is 1.72. The first-order valence-corrected chi connectivity index (χ1v) is 14.8. The van der Waals surface area contributed by atoms with E-state index in [0.29, 0.717) is 0 Å². The van der Waals surface area contributed by atoms with Gasteiger partial charge in [0.15, 0.2) is 0 Å². The molecule has 0 aliphatic heterocycles. The van der Waals surface area contributed by atoms with E-state index in [4.69, 9.17) is 0 Å². The lowest BCUT2D eigenvalue weighted by Gasteiger charge is -1.94. The molecule has 45 heavy (non-hydrogen) atoms. The number of hydrogen-bond donors (Lipinski definition) is 7. The van der Waals surface area contributed by atoms with Gasteiger partial charge in [0, 0.05) is 70.4 Å². The quantitative estimate of drug-likeness (QED) is 0.131. The van der Waals surface area contributed by atoms with Crippen LogP contribution in [0.3, 0.4) is 0 Å². The monoisotopic (exact) mass is 709 g/mol. The first kappa shape index (κ1) is 64.4. The van der Waals surface area contributed by atoms with E-state index < -0.39 is 32.5 Å². The Morgan fingerprint density at radius 2 is 0.800 bits per heavy atom. The van der Waals surface area contributed by atoms with E-state index in [1.54, 1.807) is 35.4 Å². The average molecular weight is 710 g/mol. The Labute approximate surface area is 269 Å². The van der Waals surface area contributed by atoms with Gasteiger partial charge in [0.1, 0.15) is 0 Å². The van der Waals surface area contributed by atoms with Crippen LogP contribution < -0.4 is 35.4 Å². The van der Waals surface area contributed by atoms with Gasteiger partial charge in [0.2, 0.25) is 15.9 Å². The highest BCUT2D eigenvalue weighted by Gasteiger charge is 1.96. The third-order valence-electron chi connectivity index (χ3n) is 2.72. The van der Waals surface area contributed by atoms with Crippen LogP contribution in [0, 0.1) is 0 Å². The van der Waals surface area contributed by atoms with Crippen molar-refractivity contribution in [3.05, 3.63) is 0 Å². The van der Waals surface area contributed by atoms with Crippen LogP contribution in [0.1, 0.15) is 21.3 Å². The summed E-state index contributed by atoms with van der Waals surface area (Å²) >= 11 is 0. The summed E-state index contributed by atoms with van der Waals surface area (Å²) in [5.41, 5.74) is 0. The second-order valence-corrected chi connectivity index (χ2v) is 9.80. The van der Waals surface area contributed by atoms with Gasteiger partial charge in [0.05, 0.1) is 34.7 Å². The molecule has 7 N–H and O–H groups in total. The number of methoxy groups -OCH3 is 5. The number of nitrogens with one attached hydrogen (secondary N) is 7. The van der Waals surface area contributed by atoms with E-state index in [2.05, 4.69) is 59.1 Å². The highest BCUT2D eigenvalue weighted by atomic mass is 32.2. The van der Waals surface area contributed by atoms with Gasteiger partial charge in [-0.25, -0.2) is 37.0 Å². The molecule has 0 aromatic rings. The fraction of sp³-hybridized carbons (Fsp3) is 0.773. The van der Waals surface area contributed by atoms with Gasteiger partial charge in [0.25, 0.3) is 10.2 Å². The van der Waals surface area contributed by atoms with Crippen molar-refractivity contribution >= 4 is 50.4 Å². The van der Waals surface area contributed by atoms with Crippen LogP contribution in [-0.4, -0.2) is 145 Å². The Hall–Kier alpha value is -3.51. The summed E-state index contributed by atoms with van der Waals surface area (Å²) in [6.07, 6.45) is 0.0394. The zero-order valence-electron chi connectivity index (χ0n) is 28.5. The van der Waals surface area contributed by atoms with E-state index in [1.165, 1.54) is 70.5 Å². The summed E-state index contributed by atoms with van der Waals surface area (Å²) < 4.78 is 66.8. The molecule has 0 aliphatic rings. The van der Waals surface area contributed by atoms with E-state index >= 15 is 0 Å². The molecule has 0 saturated heterocycles. The van der Waals surface area contributed by atoms with Gasteiger partial charge in [-0.05, 0) is 7.05 Å². The summed E-state index contributed by atoms with van der Waals surface area (Å²) in [6.45, 7) is 2.83. The Bertz CT molecular complexity index is 811. The summed E-state index contributed by atoms with van der Waals surface area (Å²) in [4.78, 5) is 48.8. The second kappa shape index (κ2) is 50.1. The molecule has 0 fully saturated rings. The molecule has 0 aromatic heterocycles. The molecule has 21 nitrogen and oxygen atoms in total. The fourth-order valence-electron chi connectivity index (χ4n) is 0.412. The zero-order valence-corrected chi connectivity index (χ0v) is 30.2. The zero-order chi connectivity index (χ0) is 37.4. The Balaban J connectivity index is -0.0000000472. The van der Waals surface area contributed by atoms with E-state index in [1.807, 2.05) is 0 Å². The summed E-state index contributed by atoms with van der Waals surface area (Å²) in [7, 11) is 12.7. The van der Waals surface area contributed by atoms with Crippen LogP contribution in [0.15, 0.2) is 0 Å². The number of urea groups is 1. The van der Waals surface area contributed by atoms with Crippen molar-refractivity contribution in [2.45, 2.75) is 21.3 Å². The molecule has 0 radical (unpaired) electrons. The van der Waals surface area contributed by atoms with Crippen LogP contribution in [0.4, 0.5) is 14.4 Å². The third-order valence-corrected chi connectivity index (χ3v) is 4.54. The number of hydrogen-bond acceptors (Lipinski definition) is 14. The van der Waals surface area contributed by atoms with Crippen molar-refractivity contribution in [3.63, 3.8) is 0 Å². The van der Waals surface area contributed by atoms with Gasteiger partial charge in [-0.3, -0.25) is 9.59 Å². The standard InChI is InChI=1S/C3H8N2O.C3H7NO2.C3H7NO.C3H6O3.C3H6O2.C2H8N2O2S.C2H7NO2S.C2H6O.CH4/c1-4-3(6)5-2;1-4-3(5)6-2;1-3(5)4-2;1-5-3(4)6-2;1-3(4)5-2;1-3-7(5,6)4-2;1-3-6(2,4)5;1-3-2;/h1-2H3,(H2,4,5,6);1-2H3,(H,4,5);1-2H3,(H,4,5);1-2H3;1-2H3;3-4H,1-2H3;3H,1-2H3;1-2H3;1H4. The van der Waals surface area contributed by atoms with Crippen molar-refractivity contribution in [1.82, 2.24) is 35.4 Å². The highest BCUT2D eigenvalue weighted by molar-refractivity contribution is 7.88. The smallest absolute Gasteiger partial charge is 0.469 e. The molecule has 23 heteroatoms. The maximum absolute atomic E-state index is 10.1. The lowest BCUT2D eigenvalue weighted by Crippen LogP contribution is -2.30. The SMILES string of the molecule is C.CNC(=O)NC.CNC(=O)OC.CNC(C)=O.CNS(=O)(=O)NC.CNS(C)(=O)=O.COC.COC(=O)OC.COC(C)=O. The molecule has 0 bridgehead atoms. The topological polar surface area (TPSA) is 284 Å². The lowest BCUT2D eigenvalue weighted by molar-refractivity contribution is -0.138. The number of carbonyl (C=O) groups is 5. The molecule has 278 valence electrons. The van der Waals surface area contributed by atoms with Crippen molar-refractivity contribution in [1.29, 1.82) is 0 Å². The summed E-state index contributed by atoms with van der Waals surface area (Å²) in [6, 6.07) is -0.157. The minimum Gasteiger partial charge on any atom is -0.469 e. The third kappa shape index (κ3) is 130. The maximum Gasteiger partial charge on any atom is 0.507 e. The van der Waals surface area contributed by atoms with Crippen LogP contribution in [0.2, 0.25) is 0 Å². The number of carbonyl (C=O) groups excluding carboxylic acids is 5. The van der Waals surface area contributed by atoms with Crippen LogP contribution in [-0.2, 0) is 53.5 Å². The molecule has 0 heterocycles. The number of amides is 4. The van der Waals surface area contributed by atoms with Crippen molar-refractivity contribution < 1.29 is 64.5 Å². The molecule has 0 aliphatic carbocycles. The number of esters is 1. The van der Waals surface area contributed by atoms with Crippen molar-refractivity contribution in [2.75, 3.05) is 98.2 Å². The number of alkyl carbamates (subject to hydrolysis) is 1. The maximum atomic E-state index is 10.1. The van der Waals surface area contributed by atoms with Gasteiger partial charge in [-0.15, -0.1) is 0 Å². The molecule has 0 unspecified atom stereocenters. The van der Waals surface area contributed by atoms with E-state index in [9.17, 15) is 40.8 Å².